The second-order valence-corrected chi connectivity index (χ2v) is 5.87. The van der Waals surface area contributed by atoms with Crippen LogP contribution in [0.4, 0.5) is 10.9 Å². The van der Waals surface area contributed by atoms with Crippen molar-refractivity contribution < 1.29 is 9.90 Å². The summed E-state index contributed by atoms with van der Waals surface area (Å²) in [6, 6.07) is 0.0582. The van der Waals surface area contributed by atoms with Crippen molar-refractivity contribution in [1.82, 2.24) is 9.88 Å². The summed E-state index contributed by atoms with van der Waals surface area (Å²) < 4.78 is 0. The lowest BCUT2D eigenvalue weighted by molar-refractivity contribution is 0.0699. The van der Waals surface area contributed by atoms with Crippen LogP contribution in [-0.4, -0.2) is 53.7 Å². The molecule has 1 aromatic heterocycles. The second-order valence-electron chi connectivity index (χ2n) is 4.89. The molecule has 7 heteroatoms. The molecule has 20 heavy (non-hydrogen) atoms. The van der Waals surface area contributed by atoms with Gasteiger partial charge in [0.15, 0.2) is 5.13 Å². The van der Waals surface area contributed by atoms with E-state index in [-0.39, 0.29) is 24.4 Å². The zero-order chi connectivity index (χ0) is 15.3. The van der Waals surface area contributed by atoms with Crippen molar-refractivity contribution in [2.75, 3.05) is 37.4 Å². The molecule has 0 unspecified atom stereocenters. The third-order valence-electron chi connectivity index (χ3n) is 3.08. The summed E-state index contributed by atoms with van der Waals surface area (Å²) in [6.45, 7) is 7.30. The van der Waals surface area contributed by atoms with E-state index in [9.17, 15) is 4.79 Å². The van der Waals surface area contributed by atoms with Gasteiger partial charge in [-0.25, -0.2) is 4.98 Å². The van der Waals surface area contributed by atoms with Crippen molar-refractivity contribution in [3.63, 3.8) is 0 Å². The first-order valence-corrected chi connectivity index (χ1v) is 7.63. The van der Waals surface area contributed by atoms with Crippen LogP contribution in [0.25, 0.3) is 0 Å². The Kier molecular flexibility index (Phi) is 6.22. The molecule has 0 fully saturated rings. The van der Waals surface area contributed by atoms with Crippen LogP contribution in [0.2, 0.25) is 0 Å². The minimum absolute atomic E-state index is 0.0582. The van der Waals surface area contributed by atoms with Crippen molar-refractivity contribution in [2.24, 2.45) is 0 Å². The topological polar surface area (TPSA) is 82.7 Å². The quantitative estimate of drug-likeness (QED) is 0.795. The molecule has 1 amide bonds. The largest absolute Gasteiger partial charge is 0.396 e. The summed E-state index contributed by atoms with van der Waals surface area (Å²) in [4.78, 5) is 20.9. The Morgan fingerprint density at radius 1 is 1.50 bits per heavy atom. The molecule has 1 rings (SSSR count). The van der Waals surface area contributed by atoms with Crippen LogP contribution in [0.5, 0.6) is 0 Å². The van der Waals surface area contributed by atoms with E-state index in [1.807, 2.05) is 32.7 Å². The van der Waals surface area contributed by atoms with Gasteiger partial charge in [-0.15, -0.1) is 0 Å². The highest BCUT2D eigenvalue weighted by molar-refractivity contribution is 7.18. The Morgan fingerprint density at radius 3 is 2.65 bits per heavy atom. The van der Waals surface area contributed by atoms with Crippen LogP contribution >= 0.6 is 11.3 Å². The predicted molar refractivity (Wildman–Crippen MR) is 83.3 cm³/mol. The number of aromatic nitrogens is 1. The normalized spacial score (nSPS) is 10.9. The zero-order valence-electron chi connectivity index (χ0n) is 12.6. The van der Waals surface area contributed by atoms with Crippen molar-refractivity contribution in [3.05, 3.63) is 4.88 Å². The summed E-state index contributed by atoms with van der Waals surface area (Å²) in [7, 11) is 1.92. The Balaban J connectivity index is 2.96. The van der Waals surface area contributed by atoms with Gasteiger partial charge in [-0.2, -0.15) is 0 Å². The predicted octanol–water partition coefficient (Wildman–Crippen LogP) is 1.41. The fraction of sp³-hybridized carbons (Fsp3) is 0.692. The lowest BCUT2D eigenvalue weighted by Gasteiger charge is -2.26. The average Bonchev–Trinajstić information content (AvgIpc) is 2.79. The highest BCUT2D eigenvalue weighted by Crippen LogP contribution is 2.29. The average molecular weight is 300 g/mol. The number of nitrogens with zero attached hydrogens (tertiary/aromatic N) is 3. The van der Waals surface area contributed by atoms with Crippen LogP contribution in [0.1, 0.15) is 36.9 Å². The first-order valence-electron chi connectivity index (χ1n) is 6.81. The number of hydrogen-bond acceptors (Lipinski definition) is 6. The number of aliphatic hydroxyl groups excluding tert-OH is 1. The van der Waals surface area contributed by atoms with Crippen LogP contribution < -0.4 is 10.6 Å². The monoisotopic (exact) mass is 300 g/mol. The van der Waals surface area contributed by atoms with Gasteiger partial charge in [0.25, 0.3) is 5.91 Å². The molecule has 6 nitrogen and oxygen atoms in total. The van der Waals surface area contributed by atoms with Gasteiger partial charge in [-0.3, -0.25) is 4.79 Å². The first kappa shape index (κ1) is 16.7. The summed E-state index contributed by atoms with van der Waals surface area (Å²) in [5.41, 5.74) is 5.88. The Bertz CT molecular complexity index is 448. The molecule has 0 saturated heterocycles. The summed E-state index contributed by atoms with van der Waals surface area (Å²) >= 11 is 1.32. The first-order chi connectivity index (χ1) is 9.42. The van der Waals surface area contributed by atoms with Crippen LogP contribution in [-0.2, 0) is 0 Å². The molecule has 1 heterocycles. The van der Waals surface area contributed by atoms with E-state index in [1.54, 1.807) is 4.90 Å². The number of carbonyl (C=O) groups is 1. The third-order valence-corrected chi connectivity index (χ3v) is 4.25. The van der Waals surface area contributed by atoms with Gasteiger partial charge in [0.05, 0.1) is 0 Å². The summed E-state index contributed by atoms with van der Waals surface area (Å²) in [5, 5.41) is 9.68. The molecule has 1 aromatic rings. The SMILES string of the molecule is CCN(C)c1nc(N)c(C(=O)N(CCCO)C(C)C)s1. The number of rotatable bonds is 7. The number of amides is 1. The Hall–Kier alpha value is -1.34. The molecule has 0 aliphatic rings. The van der Waals surface area contributed by atoms with E-state index in [0.29, 0.717) is 17.8 Å². The standard InChI is InChI=1S/C13H24N4O2S/c1-5-16(4)13-15-11(14)10(20-13)12(19)17(9(2)3)7-6-8-18/h9,18H,5-8,14H2,1-4H3. The van der Waals surface area contributed by atoms with Crippen LogP contribution in [0.3, 0.4) is 0 Å². The van der Waals surface area contributed by atoms with E-state index in [4.69, 9.17) is 10.8 Å². The molecule has 3 N–H and O–H groups in total. The van der Waals surface area contributed by atoms with Gasteiger partial charge in [0, 0.05) is 32.8 Å². The summed E-state index contributed by atoms with van der Waals surface area (Å²) in [6.07, 6.45) is 0.560. The van der Waals surface area contributed by atoms with Crippen LogP contribution in [0, 0.1) is 0 Å². The minimum Gasteiger partial charge on any atom is -0.396 e. The number of aliphatic hydroxyl groups is 1. The maximum Gasteiger partial charge on any atom is 0.268 e. The van der Waals surface area contributed by atoms with Gasteiger partial charge in [0.1, 0.15) is 10.7 Å². The van der Waals surface area contributed by atoms with Gasteiger partial charge < -0.3 is 20.6 Å². The molecule has 0 aromatic carbocycles. The molecule has 114 valence electrons. The number of carbonyl (C=O) groups excluding carboxylic acids is 1. The third kappa shape index (κ3) is 3.83. The van der Waals surface area contributed by atoms with E-state index in [1.165, 1.54) is 11.3 Å². The van der Waals surface area contributed by atoms with Gasteiger partial charge in [-0.05, 0) is 27.2 Å². The lowest BCUT2D eigenvalue weighted by Crippen LogP contribution is -2.38. The molecule has 0 saturated carbocycles. The van der Waals surface area contributed by atoms with Crippen molar-refractivity contribution >= 4 is 28.2 Å². The van der Waals surface area contributed by atoms with Crippen molar-refractivity contribution in [1.29, 1.82) is 0 Å². The minimum atomic E-state index is -0.112. The van der Waals surface area contributed by atoms with Gasteiger partial charge in [0.2, 0.25) is 0 Å². The summed E-state index contributed by atoms with van der Waals surface area (Å²) in [5.74, 6) is 0.171. The van der Waals surface area contributed by atoms with Gasteiger partial charge in [-0.1, -0.05) is 11.3 Å². The number of nitrogens with two attached hydrogens (primary N) is 1. The fourth-order valence-electron chi connectivity index (χ4n) is 1.74. The molecular formula is C13H24N4O2S. The molecule has 0 aliphatic carbocycles. The second kappa shape index (κ2) is 7.44. The number of thiazole rings is 1. The Labute approximate surface area is 124 Å². The lowest BCUT2D eigenvalue weighted by atomic mass is 10.2. The van der Waals surface area contributed by atoms with Gasteiger partial charge >= 0.3 is 0 Å². The molecule has 0 atom stereocenters. The highest BCUT2D eigenvalue weighted by atomic mass is 32.1. The number of anilines is 2. The zero-order valence-corrected chi connectivity index (χ0v) is 13.4. The van der Waals surface area contributed by atoms with E-state index in [0.717, 1.165) is 11.7 Å². The smallest absolute Gasteiger partial charge is 0.268 e. The molecule has 0 aliphatic heterocycles. The number of hydrogen-bond donors (Lipinski definition) is 2. The maximum atomic E-state index is 12.6. The maximum absolute atomic E-state index is 12.6. The van der Waals surface area contributed by atoms with Crippen molar-refractivity contribution in [2.45, 2.75) is 33.2 Å². The highest BCUT2D eigenvalue weighted by Gasteiger charge is 2.24. The van der Waals surface area contributed by atoms with E-state index in [2.05, 4.69) is 4.98 Å². The molecule has 0 spiro atoms. The van der Waals surface area contributed by atoms with Crippen molar-refractivity contribution in [3.8, 4) is 0 Å². The Morgan fingerprint density at radius 2 is 2.15 bits per heavy atom. The molecule has 0 bridgehead atoms. The molecule has 0 radical (unpaired) electrons. The molecular weight excluding hydrogens is 276 g/mol. The van der Waals surface area contributed by atoms with Crippen LogP contribution in [0.15, 0.2) is 0 Å². The van der Waals surface area contributed by atoms with E-state index >= 15 is 0 Å². The number of nitrogen functional groups attached to an aromatic ring is 1. The fourth-order valence-corrected chi connectivity index (χ4v) is 2.70. The van der Waals surface area contributed by atoms with E-state index < -0.39 is 0 Å².